The first-order valence-corrected chi connectivity index (χ1v) is 8.64. The summed E-state index contributed by atoms with van der Waals surface area (Å²) in [4.78, 5) is 0. The van der Waals surface area contributed by atoms with Gasteiger partial charge in [-0.2, -0.15) is 18.3 Å². The molecule has 0 saturated carbocycles. The number of hydrogen-bond donors (Lipinski definition) is 2. The van der Waals surface area contributed by atoms with Crippen molar-refractivity contribution in [2.45, 2.75) is 13.1 Å². The summed E-state index contributed by atoms with van der Waals surface area (Å²) in [6.45, 7) is 2.17. The summed E-state index contributed by atoms with van der Waals surface area (Å²) in [7, 11) is 2.82. The molecule has 154 valence electrons. The Balaban J connectivity index is 2.22. The van der Waals surface area contributed by atoms with Crippen LogP contribution in [-0.2, 0) is 6.18 Å². The van der Waals surface area contributed by atoms with Gasteiger partial charge in [0.25, 0.3) is 0 Å². The van der Waals surface area contributed by atoms with Crippen LogP contribution in [0.15, 0.2) is 36.4 Å². The number of halogens is 3. The van der Waals surface area contributed by atoms with Crippen molar-refractivity contribution in [1.29, 1.82) is 0 Å². The SMILES string of the molecule is CCOc1ccc(-c2n[nH]c(C(F)(F)F)c2-c2ccc(OC)c(OC)c2)c(O)c1. The van der Waals surface area contributed by atoms with Gasteiger partial charge in [0.1, 0.15) is 22.9 Å². The lowest BCUT2D eigenvalue weighted by Gasteiger charge is -2.13. The molecule has 9 heteroatoms. The number of alkyl halides is 3. The van der Waals surface area contributed by atoms with Crippen LogP contribution in [-0.4, -0.2) is 36.1 Å². The molecule has 0 spiro atoms. The number of nitrogens with one attached hydrogen (secondary N) is 1. The van der Waals surface area contributed by atoms with E-state index in [2.05, 4.69) is 10.2 Å². The molecular formula is C20H19F3N2O4. The topological polar surface area (TPSA) is 76.6 Å². The van der Waals surface area contributed by atoms with Gasteiger partial charge in [0.15, 0.2) is 11.5 Å². The Hall–Kier alpha value is -3.36. The predicted octanol–water partition coefficient (Wildman–Crippen LogP) is 4.88. The fourth-order valence-electron chi connectivity index (χ4n) is 2.98. The van der Waals surface area contributed by atoms with Gasteiger partial charge in [-0.1, -0.05) is 6.07 Å². The zero-order chi connectivity index (χ0) is 21.2. The third kappa shape index (κ3) is 3.94. The Morgan fingerprint density at radius 3 is 2.34 bits per heavy atom. The van der Waals surface area contributed by atoms with Crippen LogP contribution in [0.4, 0.5) is 13.2 Å². The number of aromatic amines is 1. The number of phenolic OH excluding ortho intramolecular Hbond substituents is 1. The number of H-pyrrole nitrogens is 1. The van der Waals surface area contributed by atoms with Crippen molar-refractivity contribution >= 4 is 0 Å². The summed E-state index contributed by atoms with van der Waals surface area (Å²) in [5, 5.41) is 16.3. The molecule has 0 radical (unpaired) electrons. The standard InChI is InChI=1S/C20H19F3N2O4/c1-4-29-12-6-7-13(14(26)10-12)18-17(19(25-24-18)20(21,22)23)11-5-8-15(27-2)16(9-11)28-3/h5-10,26H,4H2,1-3H3,(H,24,25). The Bertz CT molecular complexity index is 1020. The monoisotopic (exact) mass is 408 g/mol. The molecule has 0 aliphatic rings. The molecular weight excluding hydrogens is 389 g/mol. The van der Waals surface area contributed by atoms with Gasteiger partial charge in [0.05, 0.1) is 20.8 Å². The minimum atomic E-state index is -4.69. The van der Waals surface area contributed by atoms with Gasteiger partial charge in [-0.25, -0.2) is 0 Å². The van der Waals surface area contributed by atoms with E-state index < -0.39 is 11.9 Å². The third-order valence-electron chi connectivity index (χ3n) is 4.26. The van der Waals surface area contributed by atoms with Crippen LogP contribution in [0.3, 0.4) is 0 Å². The second-order valence-corrected chi connectivity index (χ2v) is 6.00. The molecule has 0 fully saturated rings. The van der Waals surface area contributed by atoms with Gasteiger partial charge in [0, 0.05) is 17.2 Å². The summed E-state index contributed by atoms with van der Waals surface area (Å²) >= 11 is 0. The van der Waals surface area contributed by atoms with Crippen LogP contribution in [0.1, 0.15) is 12.6 Å². The molecule has 0 saturated heterocycles. The van der Waals surface area contributed by atoms with Gasteiger partial charge >= 0.3 is 6.18 Å². The summed E-state index contributed by atoms with van der Waals surface area (Å²) in [6, 6.07) is 8.74. The predicted molar refractivity (Wildman–Crippen MR) is 100 cm³/mol. The smallest absolute Gasteiger partial charge is 0.433 e. The maximum atomic E-state index is 13.6. The minimum absolute atomic E-state index is 0.0508. The van der Waals surface area contributed by atoms with Gasteiger partial charge in [-0.05, 0) is 36.8 Å². The van der Waals surface area contributed by atoms with Gasteiger partial charge < -0.3 is 19.3 Å². The second kappa shape index (κ2) is 7.94. The fraction of sp³-hybridized carbons (Fsp3) is 0.250. The van der Waals surface area contributed by atoms with E-state index >= 15 is 0 Å². The number of hydrogen-bond acceptors (Lipinski definition) is 5. The molecule has 3 aromatic rings. The maximum absolute atomic E-state index is 13.6. The molecule has 3 rings (SSSR count). The summed E-state index contributed by atoms with van der Waals surface area (Å²) in [6.07, 6.45) is -4.69. The third-order valence-corrected chi connectivity index (χ3v) is 4.26. The quantitative estimate of drug-likeness (QED) is 0.608. The molecule has 0 aliphatic carbocycles. The summed E-state index contributed by atoms with van der Waals surface area (Å²) in [5.74, 6) is 0.783. The molecule has 2 aromatic carbocycles. The van der Waals surface area contributed by atoms with Gasteiger partial charge in [-0.3, -0.25) is 5.10 Å². The van der Waals surface area contributed by atoms with Crippen molar-refractivity contribution in [1.82, 2.24) is 10.2 Å². The first-order chi connectivity index (χ1) is 13.8. The Morgan fingerprint density at radius 1 is 1.03 bits per heavy atom. The second-order valence-electron chi connectivity index (χ2n) is 6.00. The van der Waals surface area contributed by atoms with Crippen LogP contribution >= 0.6 is 0 Å². The van der Waals surface area contributed by atoms with Crippen LogP contribution in [0.5, 0.6) is 23.0 Å². The molecule has 1 heterocycles. The van der Waals surface area contributed by atoms with Crippen molar-refractivity contribution in [3.05, 3.63) is 42.1 Å². The number of benzene rings is 2. The number of rotatable bonds is 6. The van der Waals surface area contributed by atoms with Crippen molar-refractivity contribution in [3.63, 3.8) is 0 Å². The van der Waals surface area contributed by atoms with Gasteiger partial charge in [0.2, 0.25) is 0 Å². The van der Waals surface area contributed by atoms with Crippen molar-refractivity contribution in [3.8, 4) is 45.4 Å². The molecule has 0 amide bonds. The van der Waals surface area contributed by atoms with E-state index in [0.29, 0.717) is 18.1 Å². The largest absolute Gasteiger partial charge is 0.507 e. The zero-order valence-electron chi connectivity index (χ0n) is 15.9. The number of nitrogens with zero attached hydrogens (tertiary/aromatic N) is 1. The first kappa shape index (κ1) is 20.4. The normalized spacial score (nSPS) is 11.4. The molecule has 6 nitrogen and oxygen atoms in total. The Labute approximate surface area is 164 Å². The molecule has 0 bridgehead atoms. The van der Waals surface area contributed by atoms with Crippen molar-refractivity contribution < 1.29 is 32.5 Å². The molecule has 0 atom stereocenters. The number of ether oxygens (including phenoxy) is 3. The zero-order valence-corrected chi connectivity index (χ0v) is 15.9. The molecule has 0 aliphatic heterocycles. The Kier molecular flexibility index (Phi) is 5.58. The lowest BCUT2D eigenvalue weighted by Crippen LogP contribution is -2.07. The molecule has 1 aromatic heterocycles. The first-order valence-electron chi connectivity index (χ1n) is 8.64. The number of phenols is 1. The van der Waals surface area contributed by atoms with E-state index in [-0.39, 0.29) is 33.9 Å². The van der Waals surface area contributed by atoms with E-state index in [0.717, 1.165) is 0 Å². The average molecular weight is 408 g/mol. The number of methoxy groups -OCH3 is 2. The number of aromatic hydroxyl groups is 1. The minimum Gasteiger partial charge on any atom is -0.507 e. The Morgan fingerprint density at radius 2 is 1.76 bits per heavy atom. The van der Waals surface area contributed by atoms with E-state index in [9.17, 15) is 18.3 Å². The number of aromatic nitrogens is 2. The molecule has 29 heavy (non-hydrogen) atoms. The fourth-order valence-corrected chi connectivity index (χ4v) is 2.98. The van der Waals surface area contributed by atoms with E-state index in [1.807, 2.05) is 0 Å². The lowest BCUT2D eigenvalue weighted by molar-refractivity contribution is -0.140. The molecule has 0 unspecified atom stereocenters. The average Bonchev–Trinajstić information content (AvgIpc) is 3.13. The van der Waals surface area contributed by atoms with Crippen LogP contribution < -0.4 is 14.2 Å². The van der Waals surface area contributed by atoms with E-state index in [1.54, 1.807) is 13.0 Å². The lowest BCUT2D eigenvalue weighted by atomic mass is 9.97. The summed E-state index contributed by atoms with van der Waals surface area (Å²) in [5.41, 5.74) is -0.965. The van der Waals surface area contributed by atoms with Crippen LogP contribution in [0.25, 0.3) is 22.4 Å². The van der Waals surface area contributed by atoms with Crippen LogP contribution in [0, 0.1) is 0 Å². The highest BCUT2D eigenvalue weighted by atomic mass is 19.4. The highest BCUT2D eigenvalue weighted by Gasteiger charge is 2.38. The highest BCUT2D eigenvalue weighted by molar-refractivity contribution is 5.86. The van der Waals surface area contributed by atoms with E-state index in [1.165, 1.54) is 44.6 Å². The van der Waals surface area contributed by atoms with Crippen molar-refractivity contribution in [2.75, 3.05) is 20.8 Å². The summed E-state index contributed by atoms with van der Waals surface area (Å²) < 4.78 is 56.6. The van der Waals surface area contributed by atoms with Crippen LogP contribution in [0.2, 0.25) is 0 Å². The molecule has 2 N–H and O–H groups in total. The van der Waals surface area contributed by atoms with Gasteiger partial charge in [-0.15, -0.1) is 0 Å². The van der Waals surface area contributed by atoms with E-state index in [4.69, 9.17) is 14.2 Å². The maximum Gasteiger partial charge on any atom is 0.433 e. The van der Waals surface area contributed by atoms with Crippen molar-refractivity contribution in [2.24, 2.45) is 0 Å². The highest BCUT2D eigenvalue weighted by Crippen LogP contribution is 2.45.